The van der Waals surface area contributed by atoms with Crippen molar-refractivity contribution >= 4 is 5.65 Å². The number of aryl methyl sites for hydroxylation is 2. The molecule has 0 saturated carbocycles. The Balaban J connectivity index is 1.52. The molecule has 3 aromatic rings. The molecule has 6 nitrogen and oxygen atoms in total. The second-order valence-corrected chi connectivity index (χ2v) is 6.10. The van der Waals surface area contributed by atoms with E-state index in [1.165, 1.54) is 5.56 Å². The SMILES string of the molecule is Cc1cccn2c(CN[C@H]3CCO[C@@H]3c3nccn3C)cnc12. The van der Waals surface area contributed by atoms with Gasteiger partial charge in [-0.1, -0.05) is 6.07 Å². The molecule has 0 unspecified atom stereocenters. The Morgan fingerprint density at radius 3 is 3.09 bits per heavy atom. The molecule has 3 aromatic heterocycles. The molecular weight excluding hydrogens is 290 g/mol. The summed E-state index contributed by atoms with van der Waals surface area (Å²) in [5, 5.41) is 3.62. The highest BCUT2D eigenvalue weighted by Crippen LogP contribution is 2.28. The minimum atomic E-state index is 0.0101. The van der Waals surface area contributed by atoms with Gasteiger partial charge in [0.15, 0.2) is 0 Å². The highest BCUT2D eigenvalue weighted by Gasteiger charge is 2.32. The molecule has 0 amide bonds. The lowest BCUT2D eigenvalue weighted by Crippen LogP contribution is -2.32. The summed E-state index contributed by atoms with van der Waals surface area (Å²) in [4.78, 5) is 8.96. The van der Waals surface area contributed by atoms with Crippen LogP contribution in [-0.2, 0) is 18.3 Å². The lowest BCUT2D eigenvalue weighted by atomic mass is 10.1. The number of nitrogens with one attached hydrogen (secondary N) is 1. The number of hydrogen-bond donors (Lipinski definition) is 1. The van der Waals surface area contributed by atoms with Gasteiger partial charge in [0.25, 0.3) is 0 Å². The first-order valence-electron chi connectivity index (χ1n) is 7.98. The lowest BCUT2D eigenvalue weighted by Gasteiger charge is -2.19. The molecule has 6 heteroatoms. The van der Waals surface area contributed by atoms with Gasteiger partial charge in [0.1, 0.15) is 17.6 Å². The average Bonchev–Trinajstić information content (AvgIpc) is 3.24. The second kappa shape index (κ2) is 5.79. The lowest BCUT2D eigenvalue weighted by molar-refractivity contribution is 0.0892. The molecule has 0 radical (unpaired) electrons. The molecular formula is C17H21N5O. The third-order valence-electron chi connectivity index (χ3n) is 4.56. The fourth-order valence-electron chi connectivity index (χ4n) is 3.27. The quantitative estimate of drug-likeness (QED) is 0.800. The third kappa shape index (κ3) is 2.54. The molecule has 2 atom stereocenters. The highest BCUT2D eigenvalue weighted by molar-refractivity contribution is 5.48. The summed E-state index contributed by atoms with van der Waals surface area (Å²) >= 11 is 0. The van der Waals surface area contributed by atoms with Crippen molar-refractivity contribution in [2.45, 2.75) is 32.0 Å². The molecule has 4 heterocycles. The molecule has 0 aromatic carbocycles. The van der Waals surface area contributed by atoms with Crippen molar-refractivity contribution in [3.8, 4) is 0 Å². The Morgan fingerprint density at radius 2 is 2.26 bits per heavy atom. The first kappa shape index (κ1) is 14.4. The van der Waals surface area contributed by atoms with Gasteiger partial charge >= 0.3 is 0 Å². The van der Waals surface area contributed by atoms with Crippen LogP contribution < -0.4 is 5.32 Å². The Hall–Kier alpha value is -2.18. The zero-order valence-electron chi connectivity index (χ0n) is 13.4. The fraction of sp³-hybridized carbons (Fsp3) is 0.412. The van der Waals surface area contributed by atoms with Crippen LogP contribution in [0.4, 0.5) is 0 Å². The molecule has 1 aliphatic heterocycles. The van der Waals surface area contributed by atoms with Crippen LogP contribution in [0, 0.1) is 6.92 Å². The van der Waals surface area contributed by atoms with E-state index in [1.807, 2.05) is 30.2 Å². The summed E-state index contributed by atoms with van der Waals surface area (Å²) in [7, 11) is 2.01. The Bertz CT molecular complexity index is 821. The molecule has 4 rings (SSSR count). The van der Waals surface area contributed by atoms with Gasteiger partial charge in [0.2, 0.25) is 0 Å². The van der Waals surface area contributed by atoms with Crippen LogP contribution in [0.3, 0.4) is 0 Å². The van der Waals surface area contributed by atoms with Crippen molar-refractivity contribution < 1.29 is 4.74 Å². The Labute approximate surface area is 135 Å². The van der Waals surface area contributed by atoms with Crippen LogP contribution in [0.15, 0.2) is 36.9 Å². The van der Waals surface area contributed by atoms with E-state index in [4.69, 9.17) is 4.74 Å². The van der Waals surface area contributed by atoms with Gasteiger partial charge in [0, 0.05) is 44.8 Å². The molecule has 0 spiro atoms. The normalized spacial score (nSPS) is 21.3. The van der Waals surface area contributed by atoms with Gasteiger partial charge in [0.05, 0.1) is 11.9 Å². The molecule has 0 aliphatic carbocycles. The summed E-state index contributed by atoms with van der Waals surface area (Å²) in [5.41, 5.74) is 3.37. The van der Waals surface area contributed by atoms with Gasteiger partial charge in [-0.25, -0.2) is 9.97 Å². The van der Waals surface area contributed by atoms with Gasteiger partial charge in [-0.2, -0.15) is 0 Å². The van der Waals surface area contributed by atoms with Gasteiger partial charge in [-0.3, -0.25) is 0 Å². The number of rotatable bonds is 4. The minimum Gasteiger partial charge on any atom is -0.369 e. The summed E-state index contributed by atoms with van der Waals surface area (Å²) in [5.74, 6) is 0.981. The van der Waals surface area contributed by atoms with E-state index in [9.17, 15) is 0 Å². The number of hydrogen-bond acceptors (Lipinski definition) is 4. The van der Waals surface area contributed by atoms with Crippen molar-refractivity contribution in [3.63, 3.8) is 0 Å². The average molecular weight is 311 g/mol. The molecule has 1 aliphatic rings. The maximum absolute atomic E-state index is 5.90. The Kier molecular flexibility index (Phi) is 3.63. The van der Waals surface area contributed by atoms with Crippen molar-refractivity contribution in [1.29, 1.82) is 0 Å². The number of ether oxygens (including phenoxy) is 1. The van der Waals surface area contributed by atoms with Crippen LogP contribution >= 0.6 is 0 Å². The van der Waals surface area contributed by atoms with Crippen LogP contribution in [0.25, 0.3) is 5.65 Å². The predicted molar refractivity (Wildman–Crippen MR) is 87.1 cm³/mol. The monoisotopic (exact) mass is 311 g/mol. The standard InChI is InChI=1S/C17H21N5O/c1-12-4-3-7-22-13(11-20-16(12)22)10-19-14-5-9-23-15(14)17-18-6-8-21(17)2/h3-4,6-8,11,14-15,19H,5,9-10H2,1-2H3/t14-,15-/m0/s1. The summed E-state index contributed by atoms with van der Waals surface area (Å²) < 4.78 is 10.1. The summed E-state index contributed by atoms with van der Waals surface area (Å²) in [6.07, 6.45) is 8.79. The zero-order valence-corrected chi connectivity index (χ0v) is 13.4. The molecule has 1 fully saturated rings. The van der Waals surface area contributed by atoms with Crippen molar-refractivity contribution in [2.75, 3.05) is 6.61 Å². The highest BCUT2D eigenvalue weighted by atomic mass is 16.5. The first-order valence-corrected chi connectivity index (χ1v) is 7.98. The van der Waals surface area contributed by atoms with E-state index in [1.54, 1.807) is 0 Å². The summed E-state index contributed by atoms with van der Waals surface area (Å²) in [6.45, 7) is 3.61. The number of pyridine rings is 1. The Morgan fingerprint density at radius 1 is 1.35 bits per heavy atom. The minimum absolute atomic E-state index is 0.0101. The van der Waals surface area contributed by atoms with E-state index >= 15 is 0 Å². The van der Waals surface area contributed by atoms with Gasteiger partial charge in [-0.05, 0) is 25.0 Å². The van der Waals surface area contributed by atoms with E-state index in [-0.39, 0.29) is 12.1 Å². The van der Waals surface area contributed by atoms with Gasteiger partial charge < -0.3 is 19.0 Å². The van der Waals surface area contributed by atoms with Crippen LogP contribution in [0.5, 0.6) is 0 Å². The number of imidazole rings is 2. The van der Waals surface area contributed by atoms with E-state index < -0.39 is 0 Å². The number of nitrogens with zero attached hydrogens (tertiary/aromatic N) is 4. The smallest absolute Gasteiger partial charge is 0.139 e. The topological polar surface area (TPSA) is 56.4 Å². The molecule has 1 saturated heterocycles. The maximum Gasteiger partial charge on any atom is 0.139 e. The van der Waals surface area contributed by atoms with Crippen LogP contribution in [0.1, 0.15) is 29.6 Å². The van der Waals surface area contributed by atoms with Gasteiger partial charge in [-0.15, -0.1) is 0 Å². The number of aromatic nitrogens is 4. The van der Waals surface area contributed by atoms with Crippen molar-refractivity contribution in [3.05, 3.63) is 54.0 Å². The molecule has 23 heavy (non-hydrogen) atoms. The third-order valence-corrected chi connectivity index (χ3v) is 4.56. The maximum atomic E-state index is 5.90. The largest absolute Gasteiger partial charge is 0.369 e. The fourth-order valence-corrected chi connectivity index (χ4v) is 3.27. The van der Waals surface area contributed by atoms with E-state index in [2.05, 4.69) is 44.9 Å². The summed E-state index contributed by atoms with van der Waals surface area (Å²) in [6, 6.07) is 4.41. The van der Waals surface area contributed by atoms with Crippen LogP contribution in [0.2, 0.25) is 0 Å². The molecule has 120 valence electrons. The first-order chi connectivity index (χ1) is 11.2. The number of fused-ring (bicyclic) bond motifs is 1. The van der Waals surface area contributed by atoms with Crippen molar-refractivity contribution in [1.82, 2.24) is 24.3 Å². The molecule has 1 N–H and O–H groups in total. The van der Waals surface area contributed by atoms with Crippen LogP contribution in [-0.4, -0.2) is 31.6 Å². The van der Waals surface area contributed by atoms with E-state index in [0.717, 1.165) is 36.7 Å². The predicted octanol–water partition coefficient (Wildman–Crippen LogP) is 2.00. The second-order valence-electron chi connectivity index (χ2n) is 6.10. The molecule has 0 bridgehead atoms. The zero-order chi connectivity index (χ0) is 15.8. The van der Waals surface area contributed by atoms with E-state index in [0.29, 0.717) is 0 Å². The van der Waals surface area contributed by atoms with Crippen molar-refractivity contribution in [2.24, 2.45) is 7.05 Å².